The quantitative estimate of drug-likeness (QED) is 0.812. The molecule has 1 aliphatic heterocycles. The van der Waals surface area contributed by atoms with Crippen molar-refractivity contribution in [1.29, 1.82) is 0 Å². The highest BCUT2D eigenvalue weighted by Crippen LogP contribution is 2.28. The van der Waals surface area contributed by atoms with Crippen molar-refractivity contribution in [1.82, 2.24) is 0 Å². The van der Waals surface area contributed by atoms with Crippen LogP contribution in [0.5, 0.6) is 0 Å². The van der Waals surface area contributed by atoms with Gasteiger partial charge in [-0.2, -0.15) is 0 Å². The van der Waals surface area contributed by atoms with Crippen LogP contribution in [0.2, 0.25) is 0 Å². The van der Waals surface area contributed by atoms with Gasteiger partial charge in [-0.15, -0.1) is 0 Å². The van der Waals surface area contributed by atoms with Gasteiger partial charge in [0.1, 0.15) is 0 Å². The van der Waals surface area contributed by atoms with E-state index in [1.165, 1.54) is 12.5 Å². The second-order valence-corrected chi connectivity index (χ2v) is 8.33. The van der Waals surface area contributed by atoms with Crippen LogP contribution in [0, 0.1) is 5.92 Å². The van der Waals surface area contributed by atoms with Gasteiger partial charge in [-0.05, 0) is 42.2 Å². The van der Waals surface area contributed by atoms with Crippen LogP contribution < -0.4 is 10.2 Å². The lowest BCUT2D eigenvalue weighted by atomic mass is 9.87. The predicted octanol–water partition coefficient (Wildman–Crippen LogP) is 4.18. The number of nitrogens with zero attached hydrogens (tertiary/aromatic N) is 1. The van der Waals surface area contributed by atoms with Crippen LogP contribution in [0.4, 0.5) is 11.4 Å². The van der Waals surface area contributed by atoms with Crippen LogP contribution in [0.15, 0.2) is 48.5 Å². The van der Waals surface area contributed by atoms with E-state index in [9.17, 15) is 14.4 Å². The molecule has 0 spiro atoms. The average Bonchev–Trinajstić information content (AvgIpc) is 3.03. The number of rotatable bonds is 4. The smallest absolute Gasteiger partial charge is 0.229 e. The Labute approximate surface area is 165 Å². The Morgan fingerprint density at radius 1 is 1.07 bits per heavy atom. The van der Waals surface area contributed by atoms with Crippen LogP contribution in [-0.4, -0.2) is 24.1 Å². The first kappa shape index (κ1) is 19.8. The molecule has 1 atom stereocenters. The van der Waals surface area contributed by atoms with Crippen LogP contribution in [-0.2, 0) is 15.0 Å². The van der Waals surface area contributed by atoms with Gasteiger partial charge in [0.15, 0.2) is 5.78 Å². The number of nitrogens with one attached hydrogen (secondary N) is 1. The van der Waals surface area contributed by atoms with Gasteiger partial charge in [-0.3, -0.25) is 14.4 Å². The predicted molar refractivity (Wildman–Crippen MR) is 111 cm³/mol. The molecule has 2 amide bonds. The Kier molecular flexibility index (Phi) is 5.36. The zero-order valence-corrected chi connectivity index (χ0v) is 16.8. The molecule has 2 aromatic carbocycles. The van der Waals surface area contributed by atoms with Gasteiger partial charge in [0.05, 0.1) is 5.92 Å². The van der Waals surface area contributed by atoms with Gasteiger partial charge >= 0.3 is 0 Å². The molecule has 146 valence electrons. The largest absolute Gasteiger partial charge is 0.326 e. The molecule has 0 radical (unpaired) electrons. The number of Topliss-reactive ketones (excluding diaryl/α,β-unsaturated/α-hetero) is 1. The van der Waals surface area contributed by atoms with Gasteiger partial charge in [0.25, 0.3) is 0 Å². The maximum atomic E-state index is 12.7. The van der Waals surface area contributed by atoms with E-state index in [1.54, 1.807) is 29.2 Å². The lowest BCUT2D eigenvalue weighted by molar-refractivity contribution is -0.122. The van der Waals surface area contributed by atoms with Crippen molar-refractivity contribution >= 4 is 29.0 Å². The molecule has 2 aromatic rings. The summed E-state index contributed by atoms with van der Waals surface area (Å²) in [6.45, 7) is 8.22. The number of carbonyl (C=O) groups excluding carboxylic acids is 3. The van der Waals surface area contributed by atoms with E-state index in [4.69, 9.17) is 0 Å². The molecule has 1 heterocycles. The van der Waals surface area contributed by atoms with E-state index in [-0.39, 0.29) is 29.4 Å². The first-order valence-electron chi connectivity index (χ1n) is 9.48. The molecule has 1 saturated heterocycles. The fourth-order valence-corrected chi connectivity index (χ4v) is 3.32. The minimum absolute atomic E-state index is 0.0509. The number of amides is 2. The summed E-state index contributed by atoms with van der Waals surface area (Å²) in [5.74, 6) is -0.747. The number of hydrogen-bond donors (Lipinski definition) is 1. The number of anilines is 2. The summed E-state index contributed by atoms with van der Waals surface area (Å²) in [5, 5.41) is 2.91. The molecule has 5 nitrogen and oxygen atoms in total. The highest BCUT2D eigenvalue weighted by molar-refractivity contribution is 6.04. The second-order valence-electron chi connectivity index (χ2n) is 8.33. The molecule has 0 saturated carbocycles. The van der Waals surface area contributed by atoms with Crippen molar-refractivity contribution in [3.63, 3.8) is 0 Å². The van der Waals surface area contributed by atoms with E-state index >= 15 is 0 Å². The fourth-order valence-electron chi connectivity index (χ4n) is 3.32. The van der Waals surface area contributed by atoms with E-state index in [1.807, 2.05) is 24.3 Å². The van der Waals surface area contributed by atoms with Crippen LogP contribution in [0.25, 0.3) is 0 Å². The van der Waals surface area contributed by atoms with Crippen LogP contribution in [0.3, 0.4) is 0 Å². The van der Waals surface area contributed by atoms with Crippen molar-refractivity contribution in [3.05, 3.63) is 59.7 Å². The monoisotopic (exact) mass is 378 g/mol. The molecule has 0 aromatic heterocycles. The maximum absolute atomic E-state index is 12.7. The Bertz CT molecular complexity index is 910. The van der Waals surface area contributed by atoms with Gasteiger partial charge in [0, 0.05) is 29.9 Å². The summed E-state index contributed by atoms with van der Waals surface area (Å²) in [5.41, 5.74) is 3.18. The summed E-state index contributed by atoms with van der Waals surface area (Å²) in [6.07, 6.45) is 0.163. The van der Waals surface area contributed by atoms with Crippen LogP contribution in [0.1, 0.15) is 50.0 Å². The first-order chi connectivity index (χ1) is 13.1. The van der Waals surface area contributed by atoms with E-state index in [2.05, 4.69) is 26.1 Å². The second kappa shape index (κ2) is 7.58. The molecule has 1 fully saturated rings. The van der Waals surface area contributed by atoms with Crippen molar-refractivity contribution in [3.8, 4) is 0 Å². The summed E-state index contributed by atoms with van der Waals surface area (Å²) in [7, 11) is 0. The number of carbonyl (C=O) groups is 3. The minimum atomic E-state index is -0.421. The van der Waals surface area contributed by atoms with Crippen molar-refractivity contribution < 1.29 is 14.4 Å². The third kappa shape index (κ3) is 4.30. The fraction of sp³-hybridized carbons (Fsp3) is 0.348. The van der Waals surface area contributed by atoms with Gasteiger partial charge in [0.2, 0.25) is 11.8 Å². The maximum Gasteiger partial charge on any atom is 0.229 e. The van der Waals surface area contributed by atoms with E-state index in [0.29, 0.717) is 17.8 Å². The molecular weight excluding hydrogens is 352 g/mol. The topological polar surface area (TPSA) is 66.5 Å². The Morgan fingerprint density at radius 2 is 1.75 bits per heavy atom. The Balaban J connectivity index is 1.68. The highest BCUT2D eigenvalue weighted by atomic mass is 16.2. The minimum Gasteiger partial charge on any atom is -0.326 e. The normalized spacial score (nSPS) is 16.9. The van der Waals surface area contributed by atoms with Crippen molar-refractivity contribution in [2.45, 2.75) is 39.5 Å². The van der Waals surface area contributed by atoms with Gasteiger partial charge in [-0.25, -0.2) is 0 Å². The molecular formula is C23H26N2O3. The third-order valence-corrected chi connectivity index (χ3v) is 5.08. The number of hydrogen-bond acceptors (Lipinski definition) is 3. The van der Waals surface area contributed by atoms with Crippen LogP contribution >= 0.6 is 0 Å². The molecule has 0 aliphatic carbocycles. The zero-order chi connectivity index (χ0) is 20.5. The standard InChI is InChI=1S/C23H26N2O3/c1-15(26)16-6-5-7-20(12-16)25-14-17(13-21(25)27)22(28)24-19-10-8-18(9-11-19)23(2,3)4/h5-12,17H,13-14H2,1-4H3,(H,24,28). The third-order valence-electron chi connectivity index (χ3n) is 5.08. The Hall–Kier alpha value is -2.95. The molecule has 28 heavy (non-hydrogen) atoms. The van der Waals surface area contributed by atoms with Gasteiger partial charge in [-0.1, -0.05) is 45.0 Å². The molecule has 1 aliphatic rings. The molecule has 0 bridgehead atoms. The lowest BCUT2D eigenvalue weighted by Gasteiger charge is -2.19. The molecule has 3 rings (SSSR count). The van der Waals surface area contributed by atoms with Crippen molar-refractivity contribution in [2.24, 2.45) is 5.92 Å². The lowest BCUT2D eigenvalue weighted by Crippen LogP contribution is -2.28. The van der Waals surface area contributed by atoms with E-state index in [0.717, 1.165) is 5.69 Å². The number of ketones is 1. The summed E-state index contributed by atoms with van der Waals surface area (Å²) in [4.78, 5) is 38.3. The zero-order valence-electron chi connectivity index (χ0n) is 16.8. The SMILES string of the molecule is CC(=O)c1cccc(N2CC(C(=O)Nc3ccc(C(C)(C)C)cc3)CC2=O)c1. The average molecular weight is 378 g/mol. The Morgan fingerprint density at radius 3 is 2.36 bits per heavy atom. The van der Waals surface area contributed by atoms with Crippen molar-refractivity contribution in [2.75, 3.05) is 16.8 Å². The summed E-state index contributed by atoms with van der Waals surface area (Å²) >= 11 is 0. The molecule has 5 heteroatoms. The first-order valence-corrected chi connectivity index (χ1v) is 9.48. The summed E-state index contributed by atoms with van der Waals surface area (Å²) in [6, 6.07) is 14.8. The van der Waals surface area contributed by atoms with E-state index < -0.39 is 5.92 Å². The van der Waals surface area contributed by atoms with Gasteiger partial charge < -0.3 is 10.2 Å². The number of benzene rings is 2. The highest BCUT2D eigenvalue weighted by Gasteiger charge is 2.35. The molecule has 1 unspecified atom stereocenters. The molecule has 1 N–H and O–H groups in total. The summed E-state index contributed by atoms with van der Waals surface area (Å²) < 4.78 is 0.